The number of ether oxygens (including phenoxy) is 1. The summed E-state index contributed by atoms with van der Waals surface area (Å²) in [6, 6.07) is 9.04. The summed E-state index contributed by atoms with van der Waals surface area (Å²) in [6.07, 6.45) is 5.83. The van der Waals surface area contributed by atoms with Crippen LogP contribution in [0, 0.1) is 0 Å². The van der Waals surface area contributed by atoms with E-state index in [1.54, 1.807) is 24.9 Å². The van der Waals surface area contributed by atoms with Gasteiger partial charge in [-0.1, -0.05) is 6.08 Å². The van der Waals surface area contributed by atoms with E-state index in [2.05, 4.69) is 10.2 Å². The molecule has 1 aromatic carbocycles. The Hall–Kier alpha value is -2.01. The molecule has 2 aromatic rings. The van der Waals surface area contributed by atoms with Gasteiger partial charge in [-0.2, -0.15) is 5.10 Å². The summed E-state index contributed by atoms with van der Waals surface area (Å²) in [5, 5.41) is 6.33. The number of hydrogen-bond acceptors (Lipinski definition) is 4. The van der Waals surface area contributed by atoms with Gasteiger partial charge < -0.3 is 4.74 Å². The first-order valence-corrected chi connectivity index (χ1v) is 6.91. The van der Waals surface area contributed by atoms with E-state index in [9.17, 15) is 4.79 Å². The molecule has 0 saturated carbocycles. The van der Waals surface area contributed by atoms with E-state index in [0.29, 0.717) is 5.69 Å². The minimum Gasteiger partial charge on any atom is -0.497 e. The number of methoxy groups -OCH3 is 1. The first kappa shape index (κ1) is 13.4. The lowest BCUT2D eigenvalue weighted by Crippen LogP contribution is -2.05. The van der Waals surface area contributed by atoms with Crippen molar-refractivity contribution < 1.29 is 4.74 Å². The fourth-order valence-electron chi connectivity index (χ4n) is 1.59. The third-order valence-electron chi connectivity index (χ3n) is 2.57. The topological polar surface area (TPSA) is 55.0 Å². The van der Waals surface area contributed by atoms with Crippen LogP contribution in [0.1, 0.15) is 11.3 Å². The molecule has 0 saturated heterocycles. The molecule has 0 spiro atoms. The molecule has 98 valence electrons. The summed E-state index contributed by atoms with van der Waals surface area (Å²) in [5.41, 5.74) is 1.55. The average molecular weight is 274 g/mol. The van der Waals surface area contributed by atoms with Crippen LogP contribution in [0.15, 0.2) is 40.0 Å². The van der Waals surface area contributed by atoms with Crippen molar-refractivity contribution in [2.45, 2.75) is 4.90 Å². The second-order valence-electron chi connectivity index (χ2n) is 3.79. The van der Waals surface area contributed by atoms with Crippen molar-refractivity contribution >= 4 is 23.9 Å². The molecule has 0 bridgehead atoms. The summed E-state index contributed by atoms with van der Waals surface area (Å²) >= 11 is 1.67. The zero-order chi connectivity index (χ0) is 13.7. The fourth-order valence-corrected chi connectivity index (χ4v) is 2.16. The molecular formula is C14H14N2O2S. The zero-order valence-electron chi connectivity index (χ0n) is 10.7. The first-order valence-electron chi connectivity index (χ1n) is 5.69. The van der Waals surface area contributed by atoms with E-state index in [0.717, 1.165) is 16.2 Å². The molecule has 0 amide bonds. The van der Waals surface area contributed by atoms with E-state index < -0.39 is 0 Å². The molecule has 5 heteroatoms. The summed E-state index contributed by atoms with van der Waals surface area (Å²) in [5.74, 6) is 0.812. The van der Waals surface area contributed by atoms with Crippen LogP contribution in [-0.2, 0) is 0 Å². The molecule has 0 atom stereocenters. The smallest absolute Gasteiger partial charge is 0.264 e. The predicted molar refractivity (Wildman–Crippen MR) is 78.6 cm³/mol. The van der Waals surface area contributed by atoms with Gasteiger partial charge in [0.1, 0.15) is 5.75 Å². The molecule has 0 aliphatic rings. The maximum absolute atomic E-state index is 10.9. The molecule has 2 rings (SSSR count). The molecular weight excluding hydrogens is 260 g/mol. The monoisotopic (exact) mass is 274 g/mol. The minimum atomic E-state index is -0.205. The van der Waals surface area contributed by atoms with E-state index in [-0.39, 0.29) is 5.56 Å². The number of thioether (sulfide) groups is 1. The lowest BCUT2D eigenvalue weighted by atomic mass is 10.2. The standard InChI is InChI=1S/C14H14N2O2S/c1-18-12-6-7-13(19-2)10(9-12)3-4-11-5-8-14(17)16-15-11/h3-9H,1-2H3,(H,16,17)/b4-3+. The van der Waals surface area contributed by atoms with Crippen molar-refractivity contribution in [3.8, 4) is 5.75 Å². The summed E-state index contributed by atoms with van der Waals surface area (Å²) < 4.78 is 5.22. The van der Waals surface area contributed by atoms with Gasteiger partial charge in [-0.15, -0.1) is 11.8 Å². The highest BCUT2D eigenvalue weighted by atomic mass is 32.2. The lowest BCUT2D eigenvalue weighted by molar-refractivity contribution is 0.414. The van der Waals surface area contributed by atoms with Crippen LogP contribution in [0.5, 0.6) is 5.75 Å². The molecule has 19 heavy (non-hydrogen) atoms. The number of nitrogens with one attached hydrogen (secondary N) is 1. The van der Waals surface area contributed by atoms with Crippen LogP contribution >= 0.6 is 11.8 Å². The molecule has 0 unspecified atom stereocenters. The normalized spacial score (nSPS) is 10.8. The Balaban J connectivity index is 2.30. The van der Waals surface area contributed by atoms with Crippen LogP contribution in [0.2, 0.25) is 0 Å². The van der Waals surface area contributed by atoms with Crippen molar-refractivity contribution in [3.05, 3.63) is 51.9 Å². The van der Waals surface area contributed by atoms with E-state index in [1.165, 1.54) is 6.07 Å². The number of rotatable bonds is 4. The van der Waals surface area contributed by atoms with Crippen LogP contribution in [0.25, 0.3) is 12.2 Å². The molecule has 1 N–H and O–H groups in total. The molecule has 1 aromatic heterocycles. The highest BCUT2D eigenvalue weighted by Crippen LogP contribution is 2.26. The maximum Gasteiger partial charge on any atom is 0.264 e. The van der Waals surface area contributed by atoms with Gasteiger partial charge in [-0.05, 0) is 42.2 Å². The van der Waals surface area contributed by atoms with Gasteiger partial charge in [0, 0.05) is 11.0 Å². The van der Waals surface area contributed by atoms with Crippen LogP contribution in [0.3, 0.4) is 0 Å². The second-order valence-corrected chi connectivity index (χ2v) is 4.64. The van der Waals surface area contributed by atoms with E-state index >= 15 is 0 Å². The third-order valence-corrected chi connectivity index (χ3v) is 3.38. The Morgan fingerprint density at radius 3 is 2.74 bits per heavy atom. The van der Waals surface area contributed by atoms with Gasteiger partial charge in [0.05, 0.1) is 12.8 Å². The van der Waals surface area contributed by atoms with Crippen LogP contribution in [-0.4, -0.2) is 23.6 Å². The van der Waals surface area contributed by atoms with Crippen molar-refractivity contribution in [1.82, 2.24) is 10.2 Å². The number of aromatic nitrogens is 2. The van der Waals surface area contributed by atoms with Crippen molar-refractivity contribution in [1.29, 1.82) is 0 Å². The number of H-pyrrole nitrogens is 1. The number of hydrogen-bond donors (Lipinski definition) is 1. The Kier molecular flexibility index (Phi) is 4.41. The number of benzene rings is 1. The Bertz CT molecular complexity index is 630. The third kappa shape index (κ3) is 3.48. The summed E-state index contributed by atoms with van der Waals surface area (Å²) in [4.78, 5) is 12.1. The number of aromatic amines is 1. The van der Waals surface area contributed by atoms with Crippen LogP contribution < -0.4 is 10.3 Å². The largest absolute Gasteiger partial charge is 0.497 e. The molecule has 4 nitrogen and oxygen atoms in total. The quantitative estimate of drug-likeness (QED) is 0.871. The van der Waals surface area contributed by atoms with Gasteiger partial charge in [0.15, 0.2) is 0 Å². The molecule has 0 radical (unpaired) electrons. The Morgan fingerprint density at radius 1 is 1.26 bits per heavy atom. The Labute approximate surface area is 115 Å². The highest BCUT2D eigenvalue weighted by Gasteiger charge is 2.00. The summed E-state index contributed by atoms with van der Waals surface area (Å²) in [7, 11) is 1.64. The second kappa shape index (κ2) is 6.24. The van der Waals surface area contributed by atoms with Crippen molar-refractivity contribution in [2.75, 3.05) is 13.4 Å². The van der Waals surface area contributed by atoms with Gasteiger partial charge in [-0.25, -0.2) is 5.10 Å². The van der Waals surface area contributed by atoms with Crippen LogP contribution in [0.4, 0.5) is 0 Å². The lowest BCUT2D eigenvalue weighted by Gasteiger charge is -2.05. The molecule has 0 aliphatic carbocycles. The SMILES string of the molecule is COc1ccc(SC)c(/C=C/c2ccc(=O)[nH]n2)c1. The highest BCUT2D eigenvalue weighted by molar-refractivity contribution is 7.98. The average Bonchev–Trinajstić information content (AvgIpc) is 2.46. The van der Waals surface area contributed by atoms with Gasteiger partial charge >= 0.3 is 0 Å². The Morgan fingerprint density at radius 2 is 2.11 bits per heavy atom. The molecule has 0 fully saturated rings. The maximum atomic E-state index is 10.9. The fraction of sp³-hybridized carbons (Fsp3) is 0.143. The van der Waals surface area contributed by atoms with E-state index in [4.69, 9.17) is 4.74 Å². The summed E-state index contributed by atoms with van der Waals surface area (Å²) in [6.45, 7) is 0. The van der Waals surface area contributed by atoms with Gasteiger partial charge in [-0.3, -0.25) is 4.79 Å². The zero-order valence-corrected chi connectivity index (χ0v) is 11.5. The van der Waals surface area contributed by atoms with E-state index in [1.807, 2.05) is 36.6 Å². The molecule has 0 aliphatic heterocycles. The molecule has 1 heterocycles. The van der Waals surface area contributed by atoms with Gasteiger partial charge in [0.25, 0.3) is 5.56 Å². The number of nitrogens with zero attached hydrogens (tertiary/aromatic N) is 1. The van der Waals surface area contributed by atoms with Crippen molar-refractivity contribution in [3.63, 3.8) is 0 Å². The first-order chi connectivity index (χ1) is 9.22. The minimum absolute atomic E-state index is 0.205. The van der Waals surface area contributed by atoms with Crippen molar-refractivity contribution in [2.24, 2.45) is 0 Å². The van der Waals surface area contributed by atoms with Gasteiger partial charge in [0.2, 0.25) is 0 Å². The predicted octanol–water partition coefficient (Wildman–Crippen LogP) is 2.67.